The molecule has 1 aromatic carbocycles. The lowest BCUT2D eigenvalue weighted by molar-refractivity contribution is 0.181. The van der Waals surface area contributed by atoms with Crippen LogP contribution in [0, 0.1) is 4.77 Å². The van der Waals surface area contributed by atoms with Crippen LogP contribution in [-0.2, 0) is 20.1 Å². The lowest BCUT2D eigenvalue weighted by Crippen LogP contribution is -2.26. The van der Waals surface area contributed by atoms with E-state index in [2.05, 4.69) is 40.8 Å². The van der Waals surface area contributed by atoms with Crippen molar-refractivity contribution in [2.24, 2.45) is 7.05 Å². The number of rotatable bonds is 4. The maximum Gasteiger partial charge on any atom is 0.198 e. The number of fused-ring (bicyclic) bond motifs is 1. The molecule has 1 fully saturated rings. The van der Waals surface area contributed by atoms with Gasteiger partial charge in [-0.3, -0.25) is 4.90 Å². The van der Waals surface area contributed by atoms with Crippen LogP contribution in [0.25, 0.3) is 0 Å². The standard InChI is InChI=1S/C17H22N4S/c1-19(15-10-9-12-5-3-4-6-14(12)15)11-21-17(22)20(2)16(18-21)13-7-8-13/h3-6,13,15H,7-11H2,1-2H3. The molecule has 4 nitrogen and oxygen atoms in total. The molecule has 0 aliphatic heterocycles. The van der Waals surface area contributed by atoms with Crippen LogP contribution in [0.1, 0.15) is 48.2 Å². The highest BCUT2D eigenvalue weighted by Gasteiger charge is 2.30. The van der Waals surface area contributed by atoms with Crippen LogP contribution in [0.5, 0.6) is 0 Å². The van der Waals surface area contributed by atoms with E-state index in [1.54, 1.807) is 0 Å². The molecule has 0 saturated heterocycles. The number of hydrogen-bond donors (Lipinski definition) is 0. The van der Waals surface area contributed by atoms with Gasteiger partial charge in [-0.2, -0.15) is 5.10 Å². The molecule has 2 aromatic rings. The van der Waals surface area contributed by atoms with Gasteiger partial charge >= 0.3 is 0 Å². The Bertz CT molecular complexity index is 756. The van der Waals surface area contributed by atoms with Crippen LogP contribution in [0.15, 0.2) is 24.3 Å². The molecule has 22 heavy (non-hydrogen) atoms. The van der Waals surface area contributed by atoms with Gasteiger partial charge in [0.2, 0.25) is 0 Å². The van der Waals surface area contributed by atoms with Gasteiger partial charge in [-0.15, -0.1) is 0 Å². The van der Waals surface area contributed by atoms with Gasteiger partial charge in [0.1, 0.15) is 5.82 Å². The van der Waals surface area contributed by atoms with Crippen LogP contribution in [0.3, 0.4) is 0 Å². The molecule has 0 amide bonds. The minimum absolute atomic E-state index is 0.476. The van der Waals surface area contributed by atoms with Crippen LogP contribution in [0.4, 0.5) is 0 Å². The Balaban J connectivity index is 1.57. The molecule has 4 rings (SSSR count). The SMILES string of the molecule is CN(Cn1nc(C2CC2)n(C)c1=S)C1CCc2ccccc21. The number of aromatic nitrogens is 3. The van der Waals surface area contributed by atoms with Gasteiger partial charge in [-0.1, -0.05) is 24.3 Å². The minimum atomic E-state index is 0.476. The van der Waals surface area contributed by atoms with Crippen LogP contribution < -0.4 is 0 Å². The molecule has 1 heterocycles. The molecule has 1 saturated carbocycles. The molecule has 0 spiro atoms. The number of nitrogens with zero attached hydrogens (tertiary/aromatic N) is 4. The summed E-state index contributed by atoms with van der Waals surface area (Å²) >= 11 is 5.57. The van der Waals surface area contributed by atoms with E-state index in [9.17, 15) is 0 Å². The van der Waals surface area contributed by atoms with Gasteiger partial charge in [0, 0.05) is 19.0 Å². The van der Waals surface area contributed by atoms with Crippen molar-refractivity contribution in [3.63, 3.8) is 0 Å². The van der Waals surface area contributed by atoms with Gasteiger partial charge in [0.05, 0.1) is 6.67 Å². The van der Waals surface area contributed by atoms with Crippen molar-refractivity contribution in [2.45, 2.75) is 44.3 Å². The molecule has 0 N–H and O–H groups in total. The van der Waals surface area contributed by atoms with Gasteiger partial charge in [0.15, 0.2) is 4.77 Å². The fourth-order valence-corrected chi connectivity index (χ4v) is 3.79. The molecule has 1 aromatic heterocycles. The van der Waals surface area contributed by atoms with Crippen molar-refractivity contribution in [1.82, 2.24) is 19.2 Å². The lowest BCUT2D eigenvalue weighted by Gasteiger charge is -2.24. The first-order chi connectivity index (χ1) is 10.6. The van der Waals surface area contributed by atoms with E-state index >= 15 is 0 Å². The van der Waals surface area contributed by atoms with Crippen molar-refractivity contribution in [3.8, 4) is 0 Å². The first kappa shape index (κ1) is 14.2. The molecular weight excluding hydrogens is 292 g/mol. The quantitative estimate of drug-likeness (QED) is 0.809. The molecule has 2 aliphatic carbocycles. The highest BCUT2D eigenvalue weighted by Crippen LogP contribution is 2.39. The van der Waals surface area contributed by atoms with E-state index in [-0.39, 0.29) is 0 Å². The van der Waals surface area contributed by atoms with Crippen molar-refractivity contribution in [3.05, 3.63) is 46.0 Å². The summed E-state index contributed by atoms with van der Waals surface area (Å²) in [7, 11) is 4.23. The van der Waals surface area contributed by atoms with Gasteiger partial charge in [0.25, 0.3) is 0 Å². The van der Waals surface area contributed by atoms with E-state index in [0.717, 1.165) is 17.3 Å². The smallest absolute Gasteiger partial charge is 0.198 e. The third-order valence-corrected chi connectivity index (χ3v) is 5.49. The predicted molar refractivity (Wildman–Crippen MR) is 89.3 cm³/mol. The Morgan fingerprint density at radius 2 is 2.05 bits per heavy atom. The third kappa shape index (κ3) is 2.32. The Kier molecular flexibility index (Phi) is 3.42. The van der Waals surface area contributed by atoms with Crippen molar-refractivity contribution in [2.75, 3.05) is 7.05 Å². The number of aryl methyl sites for hydroxylation is 1. The van der Waals surface area contributed by atoms with Crippen LogP contribution >= 0.6 is 12.2 Å². The summed E-state index contributed by atoms with van der Waals surface area (Å²) in [4.78, 5) is 2.38. The van der Waals surface area contributed by atoms with E-state index in [1.165, 1.54) is 36.8 Å². The largest absolute Gasteiger partial charge is 0.307 e. The molecule has 0 radical (unpaired) electrons. The van der Waals surface area contributed by atoms with Gasteiger partial charge < -0.3 is 4.57 Å². The third-order valence-electron chi connectivity index (χ3n) is 5.01. The van der Waals surface area contributed by atoms with Crippen LogP contribution in [0.2, 0.25) is 0 Å². The zero-order valence-electron chi connectivity index (χ0n) is 13.2. The second-order valence-corrected chi connectivity index (χ2v) is 6.99. The fourth-order valence-electron chi connectivity index (χ4n) is 3.60. The number of hydrogen-bond acceptors (Lipinski definition) is 3. The van der Waals surface area contributed by atoms with Crippen molar-refractivity contribution in [1.29, 1.82) is 0 Å². The average molecular weight is 314 g/mol. The van der Waals surface area contributed by atoms with E-state index < -0.39 is 0 Å². The molecule has 1 unspecified atom stereocenters. The first-order valence-electron chi connectivity index (χ1n) is 8.07. The molecule has 5 heteroatoms. The Hall–Kier alpha value is -1.46. The predicted octanol–water partition coefficient (Wildman–Crippen LogP) is 3.41. The maximum absolute atomic E-state index is 5.57. The second kappa shape index (κ2) is 5.32. The summed E-state index contributed by atoms with van der Waals surface area (Å²) < 4.78 is 4.91. The summed E-state index contributed by atoms with van der Waals surface area (Å²) in [5.41, 5.74) is 2.96. The Labute approximate surface area is 136 Å². The van der Waals surface area contributed by atoms with E-state index in [1.807, 2.05) is 11.7 Å². The van der Waals surface area contributed by atoms with Crippen molar-refractivity contribution >= 4 is 12.2 Å². The summed E-state index contributed by atoms with van der Waals surface area (Å²) in [6.45, 7) is 0.762. The van der Waals surface area contributed by atoms with E-state index in [0.29, 0.717) is 12.0 Å². The lowest BCUT2D eigenvalue weighted by atomic mass is 10.1. The molecule has 1 atom stereocenters. The zero-order chi connectivity index (χ0) is 15.3. The molecule has 2 aliphatic rings. The summed E-state index contributed by atoms with van der Waals surface area (Å²) in [5, 5.41) is 4.77. The molecular formula is C17H22N4S. The topological polar surface area (TPSA) is 26.0 Å². The average Bonchev–Trinajstić information content (AvgIpc) is 3.21. The minimum Gasteiger partial charge on any atom is -0.307 e. The van der Waals surface area contributed by atoms with Gasteiger partial charge in [-0.05, 0) is 56.1 Å². The van der Waals surface area contributed by atoms with E-state index in [4.69, 9.17) is 17.3 Å². The highest BCUT2D eigenvalue weighted by atomic mass is 32.1. The Morgan fingerprint density at radius 3 is 2.82 bits per heavy atom. The summed E-state index contributed by atoms with van der Waals surface area (Å²) in [6.07, 6.45) is 4.87. The summed E-state index contributed by atoms with van der Waals surface area (Å²) in [5.74, 6) is 1.79. The monoisotopic (exact) mass is 314 g/mol. The Morgan fingerprint density at radius 1 is 1.27 bits per heavy atom. The highest BCUT2D eigenvalue weighted by molar-refractivity contribution is 7.71. The maximum atomic E-state index is 5.57. The second-order valence-electron chi connectivity index (χ2n) is 6.63. The van der Waals surface area contributed by atoms with Crippen LogP contribution in [-0.4, -0.2) is 26.3 Å². The molecule has 116 valence electrons. The van der Waals surface area contributed by atoms with Crippen molar-refractivity contribution < 1.29 is 0 Å². The first-order valence-corrected chi connectivity index (χ1v) is 8.47. The van der Waals surface area contributed by atoms with Gasteiger partial charge in [-0.25, -0.2) is 4.68 Å². The molecule has 0 bridgehead atoms. The summed E-state index contributed by atoms with van der Waals surface area (Å²) in [6, 6.07) is 9.27. The zero-order valence-corrected chi connectivity index (χ0v) is 14.0. The normalized spacial score (nSPS) is 20.6. The fraction of sp³-hybridized carbons (Fsp3) is 0.529. The number of benzene rings is 1.